The number of carbonyl (C=O) groups is 2. The number of pyridine rings is 1. The normalized spacial score (nSPS) is 18.6. The van der Waals surface area contributed by atoms with Crippen molar-refractivity contribution in [3.8, 4) is 22.0 Å². The van der Waals surface area contributed by atoms with Gasteiger partial charge in [-0.3, -0.25) is 24.6 Å². The summed E-state index contributed by atoms with van der Waals surface area (Å²) < 4.78 is 0. The number of benzene rings is 1. The Labute approximate surface area is 270 Å². The van der Waals surface area contributed by atoms with E-state index in [1.807, 2.05) is 48.4 Å². The van der Waals surface area contributed by atoms with Gasteiger partial charge in [0.15, 0.2) is 5.82 Å². The minimum Gasteiger partial charge on any atom is -0.338 e. The predicted molar refractivity (Wildman–Crippen MR) is 179 cm³/mol. The molecule has 0 saturated carbocycles. The zero-order chi connectivity index (χ0) is 31.7. The summed E-state index contributed by atoms with van der Waals surface area (Å²) in [6.45, 7) is 6.77. The monoisotopic (exact) mass is 633 g/mol. The molecule has 0 radical (unpaired) electrons. The van der Waals surface area contributed by atoms with E-state index in [0.29, 0.717) is 45.0 Å². The number of aromatic nitrogens is 6. The number of aryl methyl sites for hydroxylation is 1. The average molecular weight is 634 g/mol. The van der Waals surface area contributed by atoms with Gasteiger partial charge in [0.25, 0.3) is 0 Å². The number of carbonyl (C=O) groups excluding carboxylic acids is 2. The second kappa shape index (κ2) is 12.5. The zero-order valence-corrected chi connectivity index (χ0v) is 26.7. The lowest BCUT2D eigenvalue weighted by atomic mass is 9.88. The van der Waals surface area contributed by atoms with E-state index >= 15 is 0 Å². The molecule has 2 aliphatic heterocycles. The number of fused-ring (bicyclic) bond motifs is 1. The van der Waals surface area contributed by atoms with Crippen LogP contribution in [0, 0.1) is 5.41 Å². The molecule has 2 N–H and O–H groups in total. The van der Waals surface area contributed by atoms with E-state index in [2.05, 4.69) is 53.3 Å². The van der Waals surface area contributed by atoms with Crippen molar-refractivity contribution in [2.75, 3.05) is 38.0 Å². The van der Waals surface area contributed by atoms with Crippen LogP contribution in [0.4, 0.5) is 5.69 Å². The summed E-state index contributed by atoms with van der Waals surface area (Å²) in [5, 5.41) is 12.7. The number of anilines is 1. The van der Waals surface area contributed by atoms with Gasteiger partial charge in [-0.05, 0) is 74.7 Å². The van der Waals surface area contributed by atoms with Gasteiger partial charge >= 0.3 is 0 Å². The van der Waals surface area contributed by atoms with Crippen LogP contribution in [0.25, 0.3) is 38.4 Å². The molecule has 2 amide bonds. The number of amides is 2. The van der Waals surface area contributed by atoms with Crippen LogP contribution in [0.15, 0.2) is 67.3 Å². The lowest BCUT2D eigenvalue weighted by Gasteiger charge is -2.28. The van der Waals surface area contributed by atoms with Crippen LogP contribution < -0.4 is 5.32 Å². The molecule has 6 heterocycles. The predicted octanol–water partition coefficient (Wildman–Crippen LogP) is 5.07. The highest BCUT2D eigenvalue weighted by Gasteiger charge is 2.41. The van der Waals surface area contributed by atoms with Gasteiger partial charge in [0, 0.05) is 66.8 Å². The molecule has 11 nitrogen and oxygen atoms in total. The van der Waals surface area contributed by atoms with Gasteiger partial charge in [0.05, 0.1) is 22.4 Å². The fourth-order valence-electron chi connectivity index (χ4n) is 6.12. The number of rotatable bonds is 8. The molecule has 1 unspecified atom stereocenters. The number of hydrogen-bond acceptors (Lipinski definition) is 9. The van der Waals surface area contributed by atoms with Crippen LogP contribution in [-0.4, -0.2) is 84.5 Å². The number of nitrogens with one attached hydrogen (secondary N) is 2. The number of nitrogens with zero attached hydrogens (tertiary/aromatic N) is 7. The summed E-state index contributed by atoms with van der Waals surface area (Å²) in [5.41, 5.74) is 4.99. The van der Waals surface area contributed by atoms with E-state index in [0.717, 1.165) is 61.8 Å². The quantitative estimate of drug-likeness (QED) is 0.242. The van der Waals surface area contributed by atoms with Crippen molar-refractivity contribution in [1.82, 2.24) is 39.9 Å². The van der Waals surface area contributed by atoms with Gasteiger partial charge in [0.2, 0.25) is 11.8 Å². The van der Waals surface area contributed by atoms with Gasteiger partial charge < -0.3 is 10.2 Å². The minimum absolute atomic E-state index is 0.0432. The molecule has 12 heteroatoms. The molecule has 4 aromatic heterocycles. The van der Waals surface area contributed by atoms with Crippen molar-refractivity contribution in [2.45, 2.75) is 33.1 Å². The number of H-pyrrole nitrogens is 1. The van der Waals surface area contributed by atoms with Gasteiger partial charge in [-0.15, -0.1) is 11.3 Å². The molecule has 46 heavy (non-hydrogen) atoms. The van der Waals surface area contributed by atoms with Crippen LogP contribution >= 0.6 is 11.3 Å². The Bertz CT molecular complexity index is 1940. The third-order valence-corrected chi connectivity index (χ3v) is 9.93. The summed E-state index contributed by atoms with van der Waals surface area (Å²) in [4.78, 5) is 49.3. The lowest BCUT2D eigenvalue weighted by molar-refractivity contribution is -0.132. The van der Waals surface area contributed by atoms with E-state index in [1.54, 1.807) is 36.0 Å². The molecule has 0 aliphatic carbocycles. The molecule has 1 aromatic carbocycles. The van der Waals surface area contributed by atoms with Crippen molar-refractivity contribution >= 4 is 45.3 Å². The van der Waals surface area contributed by atoms with Crippen LogP contribution in [0.3, 0.4) is 0 Å². The number of likely N-dealkylation sites (tertiary alicyclic amines) is 1. The molecule has 5 aromatic rings. The molecule has 1 saturated heterocycles. The first-order chi connectivity index (χ1) is 22.4. The van der Waals surface area contributed by atoms with Gasteiger partial charge in [-0.25, -0.2) is 15.0 Å². The van der Waals surface area contributed by atoms with Crippen molar-refractivity contribution in [3.63, 3.8) is 0 Å². The molecular weight excluding hydrogens is 599 g/mol. The van der Waals surface area contributed by atoms with E-state index in [1.165, 1.54) is 0 Å². The Hall–Kier alpha value is -4.81. The Morgan fingerprint density at radius 3 is 2.74 bits per heavy atom. The largest absolute Gasteiger partial charge is 0.338 e. The Morgan fingerprint density at radius 1 is 1.07 bits per heavy atom. The fraction of sp³-hybridized carbons (Fsp3) is 0.324. The maximum atomic E-state index is 13.6. The summed E-state index contributed by atoms with van der Waals surface area (Å²) in [7, 11) is 0. The third kappa shape index (κ3) is 6.05. The molecule has 0 bridgehead atoms. The highest BCUT2D eigenvalue weighted by Crippen LogP contribution is 2.34. The number of thiazole rings is 1. The fourth-order valence-corrected chi connectivity index (χ4v) is 7.06. The van der Waals surface area contributed by atoms with Gasteiger partial charge in [-0.1, -0.05) is 13.0 Å². The molecule has 7 rings (SSSR count). The third-order valence-electron chi connectivity index (χ3n) is 8.86. The van der Waals surface area contributed by atoms with Crippen molar-refractivity contribution < 1.29 is 9.59 Å². The molecular formula is C34H35N9O2S. The smallest absolute Gasteiger partial charge is 0.237 e. The minimum atomic E-state index is -0.602. The first-order valence-electron chi connectivity index (χ1n) is 15.6. The molecule has 2 aliphatic rings. The molecule has 1 atom stereocenters. The highest BCUT2D eigenvalue weighted by molar-refractivity contribution is 7.16. The van der Waals surface area contributed by atoms with E-state index < -0.39 is 5.41 Å². The first kappa shape index (κ1) is 29.9. The highest BCUT2D eigenvalue weighted by atomic mass is 32.1. The average Bonchev–Trinajstić information content (AvgIpc) is 3.84. The molecule has 1 fully saturated rings. The second-order valence-corrected chi connectivity index (χ2v) is 13.1. The first-order valence-corrected chi connectivity index (χ1v) is 16.4. The number of aromatic amines is 1. The van der Waals surface area contributed by atoms with Crippen molar-refractivity contribution in [2.24, 2.45) is 5.41 Å². The summed E-state index contributed by atoms with van der Waals surface area (Å²) >= 11 is 1.57. The van der Waals surface area contributed by atoms with Crippen molar-refractivity contribution in [3.05, 3.63) is 78.0 Å². The van der Waals surface area contributed by atoms with Gasteiger partial charge in [0.1, 0.15) is 10.7 Å². The van der Waals surface area contributed by atoms with E-state index in [4.69, 9.17) is 0 Å². The van der Waals surface area contributed by atoms with E-state index in [-0.39, 0.29) is 11.8 Å². The zero-order valence-electron chi connectivity index (χ0n) is 25.9. The SMILES string of the molecule is CCc1cc(-c2n[nH]c3ccc(NC(=O)C4(C)CCN(CC(=O)N5CC=C(c6ncc(-c7ncccn7)s6)CC5)C4)cc23)ccn1. The standard InChI is InChI=1S/C34H35N9O2S/c1-3-24-17-23(7-13-35-24)30-26-18-25(5-6-27(26)40-41-30)39-33(45)34(2)10-16-42(21-34)20-29(44)43-14-8-22(9-15-43)32-38-19-28(46-32)31-36-11-4-12-37-31/h4-8,11-13,17-19H,3,9-10,14-16,20-21H2,1-2H3,(H,39,45)(H,40,41). The maximum Gasteiger partial charge on any atom is 0.237 e. The Kier molecular flexibility index (Phi) is 8.14. The second-order valence-electron chi connectivity index (χ2n) is 12.1. The summed E-state index contributed by atoms with van der Waals surface area (Å²) in [6.07, 6.45) is 11.4. The molecule has 234 valence electrons. The summed E-state index contributed by atoms with van der Waals surface area (Å²) in [6, 6.07) is 11.6. The lowest BCUT2D eigenvalue weighted by Crippen LogP contribution is -2.43. The van der Waals surface area contributed by atoms with Crippen LogP contribution in [0.1, 0.15) is 37.4 Å². The maximum absolute atomic E-state index is 13.6. The molecule has 0 spiro atoms. The Balaban J connectivity index is 0.953. The Morgan fingerprint density at radius 2 is 1.93 bits per heavy atom. The summed E-state index contributed by atoms with van der Waals surface area (Å²) in [5.74, 6) is 0.710. The van der Waals surface area contributed by atoms with Crippen LogP contribution in [-0.2, 0) is 16.0 Å². The van der Waals surface area contributed by atoms with Crippen molar-refractivity contribution in [1.29, 1.82) is 0 Å². The van der Waals surface area contributed by atoms with Crippen LogP contribution in [0.2, 0.25) is 0 Å². The van der Waals surface area contributed by atoms with E-state index in [9.17, 15) is 9.59 Å². The van der Waals surface area contributed by atoms with Crippen LogP contribution in [0.5, 0.6) is 0 Å². The number of hydrogen-bond donors (Lipinski definition) is 2. The topological polar surface area (TPSA) is 133 Å². The van der Waals surface area contributed by atoms with Gasteiger partial charge in [-0.2, -0.15) is 5.10 Å².